The van der Waals surface area contributed by atoms with E-state index in [4.69, 9.17) is 16.0 Å². The van der Waals surface area contributed by atoms with Crippen molar-refractivity contribution in [3.63, 3.8) is 0 Å². The Balaban J connectivity index is 1.54. The van der Waals surface area contributed by atoms with Gasteiger partial charge in [0.1, 0.15) is 6.04 Å². The van der Waals surface area contributed by atoms with E-state index < -0.39 is 6.04 Å². The third kappa shape index (κ3) is 5.26. The average Bonchev–Trinajstić information content (AvgIpc) is 3.36. The van der Waals surface area contributed by atoms with E-state index in [9.17, 15) is 9.59 Å². The van der Waals surface area contributed by atoms with Crippen molar-refractivity contribution in [2.45, 2.75) is 38.0 Å². The number of nitrogens with one attached hydrogen (secondary N) is 1. The largest absolute Gasteiger partial charge is 0.411 e. The van der Waals surface area contributed by atoms with Crippen molar-refractivity contribution in [1.29, 1.82) is 0 Å². The van der Waals surface area contributed by atoms with Crippen LogP contribution in [0.5, 0.6) is 0 Å². The summed E-state index contributed by atoms with van der Waals surface area (Å²) in [6, 6.07) is 6.54. The fraction of sp³-hybridized carbons (Fsp3) is 0.474. The summed E-state index contributed by atoms with van der Waals surface area (Å²) in [6.45, 7) is 5.40. The Bertz CT molecular complexity index is 819. The van der Waals surface area contributed by atoms with Crippen LogP contribution in [0.1, 0.15) is 26.7 Å². The number of hydrogen-bond donors (Lipinski definition) is 1. The molecule has 1 saturated heterocycles. The number of aromatic nitrogens is 2. The van der Waals surface area contributed by atoms with E-state index in [1.807, 2.05) is 18.7 Å². The van der Waals surface area contributed by atoms with E-state index in [2.05, 4.69) is 15.5 Å². The molecule has 1 aromatic heterocycles. The Labute approximate surface area is 173 Å². The minimum atomic E-state index is -0.515. The summed E-state index contributed by atoms with van der Waals surface area (Å²) < 4.78 is 5.58. The monoisotopic (exact) mass is 422 g/mol. The van der Waals surface area contributed by atoms with E-state index in [1.165, 1.54) is 0 Å². The predicted molar refractivity (Wildman–Crippen MR) is 108 cm³/mol. The quantitative estimate of drug-likeness (QED) is 0.689. The van der Waals surface area contributed by atoms with Gasteiger partial charge in [-0.2, -0.15) is 0 Å². The van der Waals surface area contributed by atoms with Crippen LogP contribution in [0.15, 0.2) is 33.9 Å². The summed E-state index contributed by atoms with van der Waals surface area (Å²) in [4.78, 5) is 26.8. The highest BCUT2D eigenvalue weighted by Gasteiger charge is 2.30. The lowest BCUT2D eigenvalue weighted by Gasteiger charge is -2.26. The number of likely N-dealkylation sites (tertiary alicyclic amines) is 1. The first kappa shape index (κ1) is 20.7. The number of nitrogens with zero attached hydrogens (tertiary/aromatic N) is 3. The molecule has 3 rings (SSSR count). The Morgan fingerprint density at radius 1 is 1.21 bits per heavy atom. The van der Waals surface area contributed by atoms with E-state index in [0.29, 0.717) is 16.1 Å². The zero-order valence-corrected chi connectivity index (χ0v) is 17.4. The predicted octanol–water partition coefficient (Wildman–Crippen LogP) is 3.25. The first-order chi connectivity index (χ1) is 13.4. The molecule has 1 aromatic carbocycles. The first-order valence-electron chi connectivity index (χ1n) is 9.24. The van der Waals surface area contributed by atoms with E-state index in [0.717, 1.165) is 43.3 Å². The minimum Gasteiger partial charge on any atom is -0.411 e. The third-order valence-electron chi connectivity index (χ3n) is 4.49. The standard InChI is InChI=1S/C19H23ClN4O3S/c1-12(2)16(18(26)24-9-3-4-10-24)21-15(25)11-28-19-23-22-17(27-19)13-5-7-14(20)8-6-13/h5-8,12,16H,3-4,9-11H2,1-2H3,(H,21,25)/t16-/m0/s1. The number of hydrogen-bond acceptors (Lipinski definition) is 6. The number of amides is 2. The Hall–Kier alpha value is -2.06. The van der Waals surface area contributed by atoms with Crippen LogP contribution in [-0.4, -0.2) is 51.8 Å². The maximum atomic E-state index is 12.6. The van der Waals surface area contributed by atoms with Crippen molar-refractivity contribution < 1.29 is 14.0 Å². The van der Waals surface area contributed by atoms with Gasteiger partial charge in [-0.3, -0.25) is 9.59 Å². The van der Waals surface area contributed by atoms with Crippen LogP contribution in [0, 0.1) is 5.92 Å². The van der Waals surface area contributed by atoms with Gasteiger partial charge in [0, 0.05) is 23.7 Å². The van der Waals surface area contributed by atoms with Gasteiger partial charge in [0.2, 0.25) is 17.7 Å². The van der Waals surface area contributed by atoms with Gasteiger partial charge in [0.15, 0.2) is 0 Å². The molecule has 1 fully saturated rings. The van der Waals surface area contributed by atoms with Gasteiger partial charge >= 0.3 is 0 Å². The lowest BCUT2D eigenvalue weighted by molar-refractivity contribution is -0.136. The molecule has 0 aliphatic carbocycles. The van der Waals surface area contributed by atoms with E-state index >= 15 is 0 Å². The summed E-state index contributed by atoms with van der Waals surface area (Å²) in [5.41, 5.74) is 0.754. The summed E-state index contributed by atoms with van der Waals surface area (Å²) in [6.07, 6.45) is 2.04. The fourth-order valence-corrected chi connectivity index (χ4v) is 3.67. The van der Waals surface area contributed by atoms with Gasteiger partial charge in [0.25, 0.3) is 5.22 Å². The van der Waals surface area contributed by atoms with Gasteiger partial charge in [-0.1, -0.05) is 37.2 Å². The molecule has 0 bridgehead atoms. The van der Waals surface area contributed by atoms with Crippen LogP contribution >= 0.6 is 23.4 Å². The van der Waals surface area contributed by atoms with Gasteiger partial charge in [-0.05, 0) is 43.0 Å². The molecule has 150 valence electrons. The highest BCUT2D eigenvalue weighted by Crippen LogP contribution is 2.24. The number of halogens is 1. The summed E-state index contributed by atoms with van der Waals surface area (Å²) in [7, 11) is 0. The Kier molecular flexibility index (Phi) is 6.96. The smallest absolute Gasteiger partial charge is 0.277 e. The van der Waals surface area contributed by atoms with Crippen molar-refractivity contribution in [3.05, 3.63) is 29.3 Å². The molecule has 28 heavy (non-hydrogen) atoms. The molecule has 7 nitrogen and oxygen atoms in total. The SMILES string of the molecule is CC(C)[C@H](NC(=O)CSc1nnc(-c2ccc(Cl)cc2)o1)C(=O)N1CCCC1. The molecule has 0 spiro atoms. The highest BCUT2D eigenvalue weighted by atomic mass is 35.5. The molecule has 1 aliphatic rings. The van der Waals surface area contributed by atoms with Crippen LogP contribution in [0.25, 0.3) is 11.5 Å². The molecule has 0 radical (unpaired) electrons. The summed E-state index contributed by atoms with van der Waals surface area (Å²) in [5, 5.41) is 11.7. The molecular formula is C19H23ClN4O3S. The average molecular weight is 423 g/mol. The number of carbonyl (C=O) groups is 2. The molecule has 1 aliphatic heterocycles. The zero-order valence-electron chi connectivity index (χ0n) is 15.9. The van der Waals surface area contributed by atoms with Crippen molar-refractivity contribution >= 4 is 35.2 Å². The van der Waals surface area contributed by atoms with Crippen LogP contribution in [0.2, 0.25) is 5.02 Å². The molecule has 2 amide bonds. The number of thioether (sulfide) groups is 1. The second kappa shape index (κ2) is 9.43. The molecule has 2 heterocycles. The van der Waals surface area contributed by atoms with Gasteiger partial charge in [-0.15, -0.1) is 10.2 Å². The second-order valence-electron chi connectivity index (χ2n) is 6.99. The molecule has 1 N–H and O–H groups in total. The van der Waals surface area contributed by atoms with Gasteiger partial charge in [-0.25, -0.2) is 0 Å². The van der Waals surface area contributed by atoms with Crippen LogP contribution in [0.4, 0.5) is 0 Å². The molecular weight excluding hydrogens is 400 g/mol. The normalized spacial score (nSPS) is 15.1. The number of rotatable bonds is 7. The fourth-order valence-electron chi connectivity index (χ4n) is 2.97. The third-order valence-corrected chi connectivity index (χ3v) is 5.56. The van der Waals surface area contributed by atoms with Crippen LogP contribution in [0.3, 0.4) is 0 Å². The zero-order chi connectivity index (χ0) is 20.1. The van der Waals surface area contributed by atoms with Crippen LogP contribution < -0.4 is 5.32 Å². The topological polar surface area (TPSA) is 88.3 Å². The molecule has 2 aromatic rings. The minimum absolute atomic E-state index is 0.00587. The molecule has 1 atom stereocenters. The molecule has 9 heteroatoms. The van der Waals surface area contributed by atoms with Gasteiger partial charge in [0.05, 0.1) is 5.75 Å². The Morgan fingerprint density at radius 2 is 1.89 bits per heavy atom. The lowest BCUT2D eigenvalue weighted by atomic mass is 10.0. The second-order valence-corrected chi connectivity index (χ2v) is 8.35. The van der Waals surface area contributed by atoms with E-state index in [-0.39, 0.29) is 23.5 Å². The highest BCUT2D eigenvalue weighted by molar-refractivity contribution is 7.99. The summed E-state index contributed by atoms with van der Waals surface area (Å²) in [5.74, 6) is 0.237. The van der Waals surface area contributed by atoms with Crippen molar-refractivity contribution in [2.24, 2.45) is 5.92 Å². The van der Waals surface area contributed by atoms with Crippen LogP contribution in [-0.2, 0) is 9.59 Å². The van der Waals surface area contributed by atoms with E-state index in [1.54, 1.807) is 24.3 Å². The van der Waals surface area contributed by atoms with Crippen molar-refractivity contribution in [2.75, 3.05) is 18.8 Å². The number of carbonyl (C=O) groups excluding carboxylic acids is 2. The molecule has 0 saturated carbocycles. The summed E-state index contributed by atoms with van der Waals surface area (Å²) >= 11 is 7.02. The van der Waals surface area contributed by atoms with Crippen molar-refractivity contribution in [3.8, 4) is 11.5 Å². The van der Waals surface area contributed by atoms with Gasteiger partial charge < -0.3 is 14.6 Å². The maximum absolute atomic E-state index is 12.6. The maximum Gasteiger partial charge on any atom is 0.277 e. The first-order valence-corrected chi connectivity index (χ1v) is 10.6. The lowest BCUT2D eigenvalue weighted by Crippen LogP contribution is -2.51. The number of benzene rings is 1. The van der Waals surface area contributed by atoms with Crippen molar-refractivity contribution in [1.82, 2.24) is 20.4 Å². The molecule has 0 unspecified atom stereocenters. The Morgan fingerprint density at radius 3 is 2.54 bits per heavy atom.